The predicted octanol–water partition coefficient (Wildman–Crippen LogP) is 3.63. The van der Waals surface area contributed by atoms with Gasteiger partial charge in [-0.05, 0) is 24.3 Å². The summed E-state index contributed by atoms with van der Waals surface area (Å²) in [6, 6.07) is 7.25. The molecule has 6 nitrogen and oxygen atoms in total. The number of pyridine rings is 1. The Kier molecular flexibility index (Phi) is 5.15. The average molecular weight is 465 g/mol. The van der Waals surface area contributed by atoms with E-state index in [2.05, 4.69) is 9.97 Å². The van der Waals surface area contributed by atoms with Crippen molar-refractivity contribution in [1.82, 2.24) is 14.9 Å². The van der Waals surface area contributed by atoms with E-state index in [0.29, 0.717) is 55.7 Å². The van der Waals surface area contributed by atoms with Gasteiger partial charge in [-0.3, -0.25) is 4.79 Å². The number of rotatable bonds is 3. The normalized spacial score (nSPS) is 17.7. The van der Waals surface area contributed by atoms with E-state index in [1.165, 1.54) is 23.5 Å². The molecule has 1 aromatic carbocycles. The third-order valence-electron chi connectivity index (χ3n) is 5.85. The number of halogens is 4. The maximum absolute atomic E-state index is 13.9. The Morgan fingerprint density at radius 3 is 2.41 bits per heavy atom. The Labute approximate surface area is 185 Å². The standard InChI is InChI=1S/C21H19F4N5OS/c22-15-2-1-3-16-18(15)27-20(32-16)30-11-13(12-30)19(31)29-8-6-28(7-9-29)17-5-4-14(10-26-17)21(23,24)25/h1-5,10,13H,6-9,11-12H2. The molecule has 32 heavy (non-hydrogen) atoms. The number of para-hydroxylation sites is 1. The Balaban J connectivity index is 1.15. The van der Waals surface area contributed by atoms with Crippen molar-refractivity contribution in [1.29, 1.82) is 0 Å². The zero-order valence-electron chi connectivity index (χ0n) is 16.8. The Hall–Kier alpha value is -2.95. The number of anilines is 2. The van der Waals surface area contributed by atoms with Crippen LogP contribution in [-0.2, 0) is 11.0 Å². The van der Waals surface area contributed by atoms with Gasteiger partial charge in [-0.2, -0.15) is 13.2 Å². The Bertz CT molecular complexity index is 1140. The van der Waals surface area contributed by atoms with Crippen LogP contribution in [0.1, 0.15) is 5.56 Å². The lowest BCUT2D eigenvalue weighted by Crippen LogP contribution is -2.58. The van der Waals surface area contributed by atoms with Crippen LogP contribution < -0.4 is 9.80 Å². The van der Waals surface area contributed by atoms with E-state index >= 15 is 0 Å². The van der Waals surface area contributed by atoms with E-state index in [1.54, 1.807) is 11.0 Å². The average Bonchev–Trinajstić information content (AvgIpc) is 3.17. The van der Waals surface area contributed by atoms with Crippen molar-refractivity contribution in [2.75, 3.05) is 49.1 Å². The molecule has 0 saturated carbocycles. The van der Waals surface area contributed by atoms with Gasteiger partial charge in [0.15, 0.2) is 5.13 Å². The molecule has 2 aliphatic heterocycles. The molecule has 1 amide bonds. The number of nitrogens with zero attached hydrogens (tertiary/aromatic N) is 5. The highest BCUT2D eigenvalue weighted by Crippen LogP contribution is 2.34. The van der Waals surface area contributed by atoms with Crippen LogP contribution in [0.2, 0.25) is 0 Å². The summed E-state index contributed by atoms with van der Waals surface area (Å²) in [7, 11) is 0. The second kappa shape index (κ2) is 7.88. The van der Waals surface area contributed by atoms with Crippen molar-refractivity contribution in [2.45, 2.75) is 6.18 Å². The van der Waals surface area contributed by atoms with Gasteiger partial charge in [0.2, 0.25) is 5.91 Å². The molecule has 2 aromatic heterocycles. The molecule has 2 fully saturated rings. The predicted molar refractivity (Wildman–Crippen MR) is 113 cm³/mol. The molecule has 0 bridgehead atoms. The lowest BCUT2D eigenvalue weighted by Gasteiger charge is -2.42. The summed E-state index contributed by atoms with van der Waals surface area (Å²) in [6.45, 7) is 3.09. The fraction of sp³-hybridized carbons (Fsp3) is 0.381. The lowest BCUT2D eigenvalue weighted by atomic mass is 9.99. The number of piperazine rings is 1. The zero-order valence-corrected chi connectivity index (χ0v) is 17.7. The third-order valence-corrected chi connectivity index (χ3v) is 6.93. The van der Waals surface area contributed by atoms with Gasteiger partial charge < -0.3 is 14.7 Å². The summed E-state index contributed by atoms with van der Waals surface area (Å²) in [4.78, 5) is 26.8. The van der Waals surface area contributed by atoms with E-state index in [1.807, 2.05) is 15.9 Å². The quantitative estimate of drug-likeness (QED) is 0.553. The van der Waals surface area contributed by atoms with Gasteiger partial charge >= 0.3 is 6.18 Å². The largest absolute Gasteiger partial charge is 0.417 e. The zero-order chi connectivity index (χ0) is 22.5. The number of hydrogen-bond donors (Lipinski definition) is 0. The van der Waals surface area contributed by atoms with Crippen LogP contribution in [0.4, 0.5) is 28.5 Å². The molecule has 0 unspecified atom stereocenters. The highest BCUT2D eigenvalue weighted by atomic mass is 32.1. The van der Waals surface area contributed by atoms with E-state index in [0.717, 1.165) is 17.0 Å². The molecule has 2 aliphatic rings. The number of hydrogen-bond acceptors (Lipinski definition) is 6. The molecule has 0 spiro atoms. The van der Waals surface area contributed by atoms with Crippen LogP contribution >= 0.6 is 11.3 Å². The smallest absolute Gasteiger partial charge is 0.353 e. The second-order valence-corrected chi connectivity index (χ2v) is 8.91. The first-order chi connectivity index (χ1) is 15.3. The minimum absolute atomic E-state index is 0.0635. The summed E-state index contributed by atoms with van der Waals surface area (Å²) < 4.78 is 52.8. The van der Waals surface area contributed by atoms with Gasteiger partial charge in [-0.15, -0.1) is 0 Å². The number of thiazole rings is 1. The van der Waals surface area contributed by atoms with Crippen molar-refractivity contribution >= 4 is 38.4 Å². The van der Waals surface area contributed by atoms with Gasteiger partial charge in [-0.25, -0.2) is 14.4 Å². The van der Waals surface area contributed by atoms with E-state index in [4.69, 9.17) is 0 Å². The fourth-order valence-corrected chi connectivity index (χ4v) is 4.98. The molecule has 0 atom stereocenters. The van der Waals surface area contributed by atoms with Gasteiger partial charge in [0.05, 0.1) is 16.2 Å². The van der Waals surface area contributed by atoms with Crippen LogP contribution in [0.25, 0.3) is 10.2 Å². The van der Waals surface area contributed by atoms with Crippen LogP contribution in [0, 0.1) is 11.7 Å². The second-order valence-electron chi connectivity index (χ2n) is 7.90. The number of carbonyl (C=O) groups is 1. The number of fused-ring (bicyclic) bond motifs is 1. The van der Waals surface area contributed by atoms with E-state index in [9.17, 15) is 22.4 Å². The topological polar surface area (TPSA) is 52.6 Å². The van der Waals surface area contributed by atoms with Crippen molar-refractivity contribution in [3.05, 3.63) is 47.9 Å². The van der Waals surface area contributed by atoms with Crippen molar-refractivity contribution in [3.63, 3.8) is 0 Å². The number of aromatic nitrogens is 2. The number of benzene rings is 1. The molecule has 3 aromatic rings. The van der Waals surface area contributed by atoms with Crippen molar-refractivity contribution in [2.24, 2.45) is 5.92 Å². The van der Waals surface area contributed by atoms with Crippen LogP contribution in [-0.4, -0.2) is 60.0 Å². The fourth-order valence-electron chi connectivity index (χ4n) is 3.98. The monoisotopic (exact) mass is 465 g/mol. The first-order valence-corrected chi connectivity index (χ1v) is 11.0. The molecule has 11 heteroatoms. The molecule has 0 N–H and O–H groups in total. The molecule has 0 aliphatic carbocycles. The highest BCUT2D eigenvalue weighted by Gasteiger charge is 2.38. The van der Waals surface area contributed by atoms with Crippen LogP contribution in [0.3, 0.4) is 0 Å². The van der Waals surface area contributed by atoms with Crippen molar-refractivity contribution < 1.29 is 22.4 Å². The molecular weight excluding hydrogens is 446 g/mol. The third kappa shape index (κ3) is 3.85. The SMILES string of the molecule is O=C(C1CN(c2nc3c(F)cccc3s2)C1)N1CCN(c2ccc(C(F)(F)F)cn2)CC1. The number of amides is 1. The van der Waals surface area contributed by atoms with Crippen LogP contribution in [0.5, 0.6) is 0 Å². The van der Waals surface area contributed by atoms with Crippen molar-refractivity contribution in [3.8, 4) is 0 Å². The summed E-state index contributed by atoms with van der Waals surface area (Å²) in [5, 5.41) is 0.715. The molecule has 2 saturated heterocycles. The highest BCUT2D eigenvalue weighted by molar-refractivity contribution is 7.22. The first kappa shape index (κ1) is 20.9. The minimum atomic E-state index is -4.41. The van der Waals surface area contributed by atoms with Crippen LogP contribution in [0.15, 0.2) is 36.5 Å². The maximum atomic E-state index is 13.9. The lowest BCUT2D eigenvalue weighted by molar-refractivity contribution is -0.138. The van der Waals surface area contributed by atoms with E-state index in [-0.39, 0.29) is 17.6 Å². The summed E-state index contributed by atoms with van der Waals surface area (Å²) in [5.74, 6) is 0.0534. The maximum Gasteiger partial charge on any atom is 0.417 e. The summed E-state index contributed by atoms with van der Waals surface area (Å²) >= 11 is 1.41. The van der Waals surface area contributed by atoms with Gasteiger partial charge in [0.1, 0.15) is 17.2 Å². The van der Waals surface area contributed by atoms with Gasteiger partial charge in [0.25, 0.3) is 0 Å². The van der Waals surface area contributed by atoms with Gasteiger partial charge in [0, 0.05) is 45.5 Å². The molecule has 5 rings (SSSR count). The molecule has 0 radical (unpaired) electrons. The Morgan fingerprint density at radius 1 is 1.03 bits per heavy atom. The van der Waals surface area contributed by atoms with Gasteiger partial charge in [-0.1, -0.05) is 17.4 Å². The molecule has 4 heterocycles. The van der Waals surface area contributed by atoms with E-state index < -0.39 is 11.7 Å². The first-order valence-electron chi connectivity index (χ1n) is 10.2. The number of carbonyl (C=O) groups excluding carboxylic acids is 1. The summed E-state index contributed by atoms with van der Waals surface area (Å²) in [6.07, 6.45) is -3.57. The minimum Gasteiger partial charge on any atom is -0.353 e. The Morgan fingerprint density at radius 2 is 1.78 bits per heavy atom. The number of alkyl halides is 3. The summed E-state index contributed by atoms with van der Waals surface area (Å²) in [5.41, 5.74) is -0.421. The molecule has 168 valence electrons. The molecular formula is C21H19F4N5OS.